The van der Waals surface area contributed by atoms with E-state index in [-0.39, 0.29) is 11.8 Å². The van der Waals surface area contributed by atoms with Crippen molar-refractivity contribution in [3.63, 3.8) is 0 Å². The molecule has 1 aliphatic rings. The smallest absolute Gasteiger partial charge is 0.307 e. The molecule has 1 fully saturated rings. The second-order valence-electron chi connectivity index (χ2n) is 4.98. The zero-order valence-corrected chi connectivity index (χ0v) is 11.9. The van der Waals surface area contributed by atoms with E-state index < -0.39 is 5.97 Å². The molecule has 0 radical (unpaired) electrons. The second-order valence-corrected chi connectivity index (χ2v) is 5.83. The molecule has 4 nitrogen and oxygen atoms in total. The van der Waals surface area contributed by atoms with Crippen molar-refractivity contribution in [1.82, 2.24) is 4.98 Å². The van der Waals surface area contributed by atoms with Gasteiger partial charge in [0.05, 0.1) is 10.4 Å². The van der Waals surface area contributed by atoms with Crippen LogP contribution in [0.25, 0.3) is 11.1 Å². The van der Waals surface area contributed by atoms with Gasteiger partial charge < -0.3 is 9.52 Å². The van der Waals surface area contributed by atoms with Crippen LogP contribution in [0.2, 0.25) is 0 Å². The quantitative estimate of drug-likeness (QED) is 0.908. The van der Waals surface area contributed by atoms with Crippen molar-refractivity contribution in [3.05, 3.63) is 28.6 Å². The highest BCUT2D eigenvalue weighted by Gasteiger charge is 2.35. The number of aliphatic carboxylic acids is 1. The molecule has 3 rings (SSSR count). The minimum absolute atomic E-state index is 0.106. The van der Waals surface area contributed by atoms with Gasteiger partial charge in [0.15, 0.2) is 11.5 Å². The van der Waals surface area contributed by atoms with Crippen LogP contribution in [0.1, 0.15) is 37.5 Å². The number of para-hydroxylation sites is 1. The highest BCUT2D eigenvalue weighted by Crippen LogP contribution is 2.39. The number of rotatable bonds is 2. The predicted octanol–water partition coefficient (Wildman–Crippen LogP) is 3.95. The van der Waals surface area contributed by atoms with Crippen molar-refractivity contribution in [1.29, 1.82) is 0 Å². The number of hydrogen-bond donors (Lipinski definition) is 1. The molecule has 0 saturated heterocycles. The fraction of sp³-hybridized carbons (Fsp3) is 0.429. The molecular formula is C14H14BrNO3. The van der Waals surface area contributed by atoms with Gasteiger partial charge in [-0.1, -0.05) is 18.9 Å². The molecule has 2 unspecified atom stereocenters. The van der Waals surface area contributed by atoms with Gasteiger partial charge >= 0.3 is 5.97 Å². The Bertz CT molecular complexity index is 622. The van der Waals surface area contributed by atoms with Crippen molar-refractivity contribution in [2.24, 2.45) is 5.92 Å². The first-order chi connectivity index (χ1) is 9.16. The summed E-state index contributed by atoms with van der Waals surface area (Å²) in [5.74, 6) is -0.661. The molecule has 1 aromatic heterocycles. The van der Waals surface area contributed by atoms with Crippen LogP contribution in [-0.2, 0) is 4.79 Å². The summed E-state index contributed by atoms with van der Waals surface area (Å²) in [7, 11) is 0. The lowest BCUT2D eigenvalue weighted by molar-refractivity contribution is -0.143. The summed E-state index contributed by atoms with van der Waals surface area (Å²) in [4.78, 5) is 15.8. The van der Waals surface area contributed by atoms with Crippen molar-refractivity contribution < 1.29 is 14.3 Å². The fourth-order valence-corrected chi connectivity index (χ4v) is 3.25. The van der Waals surface area contributed by atoms with Gasteiger partial charge in [-0.3, -0.25) is 4.79 Å². The molecule has 0 aliphatic heterocycles. The van der Waals surface area contributed by atoms with Crippen LogP contribution in [0.3, 0.4) is 0 Å². The van der Waals surface area contributed by atoms with Crippen molar-refractivity contribution in [2.75, 3.05) is 0 Å². The first-order valence-electron chi connectivity index (χ1n) is 6.44. The number of fused-ring (bicyclic) bond motifs is 1. The number of carbonyl (C=O) groups is 1. The van der Waals surface area contributed by atoms with E-state index in [1.54, 1.807) is 0 Å². The molecule has 2 atom stereocenters. The summed E-state index contributed by atoms with van der Waals surface area (Å²) in [5.41, 5.74) is 1.48. The molecule has 2 aromatic rings. The number of carboxylic acid groups (broad SMARTS) is 1. The van der Waals surface area contributed by atoms with Gasteiger partial charge in [0.2, 0.25) is 0 Å². The van der Waals surface area contributed by atoms with Crippen LogP contribution >= 0.6 is 15.9 Å². The maximum Gasteiger partial charge on any atom is 0.307 e. The third-order valence-corrected chi connectivity index (χ3v) is 4.41. The Balaban J connectivity index is 2.02. The normalized spacial score (nSPS) is 23.6. The highest BCUT2D eigenvalue weighted by atomic mass is 79.9. The zero-order valence-electron chi connectivity index (χ0n) is 10.3. The van der Waals surface area contributed by atoms with Crippen LogP contribution in [-0.4, -0.2) is 16.1 Å². The molecule has 1 aromatic carbocycles. The molecule has 0 bridgehead atoms. The Kier molecular flexibility index (Phi) is 3.31. The van der Waals surface area contributed by atoms with Crippen LogP contribution < -0.4 is 0 Å². The molecule has 1 N–H and O–H groups in total. The lowest BCUT2D eigenvalue weighted by Gasteiger charge is -2.25. The van der Waals surface area contributed by atoms with Crippen LogP contribution in [0.15, 0.2) is 27.1 Å². The van der Waals surface area contributed by atoms with Gasteiger partial charge in [0.1, 0.15) is 5.52 Å². The third kappa shape index (κ3) is 2.27. The minimum Gasteiger partial charge on any atom is -0.481 e. The number of nitrogens with zero attached hydrogens (tertiary/aromatic N) is 1. The molecule has 1 heterocycles. The molecule has 0 spiro atoms. The van der Waals surface area contributed by atoms with Crippen molar-refractivity contribution >= 4 is 33.0 Å². The monoisotopic (exact) mass is 323 g/mol. The number of benzene rings is 1. The number of carboxylic acids is 1. The summed E-state index contributed by atoms with van der Waals surface area (Å²) in [6.07, 6.45) is 3.55. The summed E-state index contributed by atoms with van der Waals surface area (Å²) in [6, 6.07) is 5.67. The Morgan fingerprint density at radius 2 is 2.16 bits per heavy atom. The summed E-state index contributed by atoms with van der Waals surface area (Å²) < 4.78 is 6.65. The first-order valence-corrected chi connectivity index (χ1v) is 7.24. The second kappa shape index (κ2) is 4.96. The van der Waals surface area contributed by atoms with E-state index >= 15 is 0 Å². The molecule has 1 saturated carbocycles. The first kappa shape index (κ1) is 12.7. The van der Waals surface area contributed by atoms with E-state index in [1.165, 1.54) is 0 Å². The molecule has 1 aliphatic carbocycles. The topological polar surface area (TPSA) is 63.3 Å². The Morgan fingerprint density at radius 1 is 1.37 bits per heavy atom. The van der Waals surface area contributed by atoms with E-state index in [0.717, 1.165) is 29.3 Å². The van der Waals surface area contributed by atoms with Gasteiger partial charge in [-0.05, 0) is 40.9 Å². The van der Waals surface area contributed by atoms with E-state index in [0.29, 0.717) is 17.9 Å². The van der Waals surface area contributed by atoms with Gasteiger partial charge in [-0.25, -0.2) is 4.98 Å². The van der Waals surface area contributed by atoms with Crippen molar-refractivity contribution in [2.45, 2.75) is 31.6 Å². The summed E-state index contributed by atoms with van der Waals surface area (Å²) in [5, 5.41) is 9.32. The van der Waals surface area contributed by atoms with E-state index in [4.69, 9.17) is 4.42 Å². The van der Waals surface area contributed by atoms with Gasteiger partial charge in [-0.15, -0.1) is 0 Å². The predicted molar refractivity (Wildman–Crippen MR) is 74.0 cm³/mol. The Hall–Kier alpha value is -1.36. The molecule has 0 amide bonds. The number of aromatic nitrogens is 1. The fourth-order valence-electron chi connectivity index (χ4n) is 2.81. The molecule has 5 heteroatoms. The average molecular weight is 324 g/mol. The lowest BCUT2D eigenvalue weighted by Crippen LogP contribution is -2.25. The molecule has 100 valence electrons. The average Bonchev–Trinajstić information content (AvgIpc) is 2.84. The van der Waals surface area contributed by atoms with Crippen molar-refractivity contribution in [3.8, 4) is 0 Å². The largest absolute Gasteiger partial charge is 0.481 e. The number of halogens is 1. The van der Waals surface area contributed by atoms with Crippen LogP contribution in [0.4, 0.5) is 0 Å². The summed E-state index contributed by atoms with van der Waals surface area (Å²) >= 11 is 3.43. The van der Waals surface area contributed by atoms with E-state index in [1.807, 2.05) is 18.2 Å². The minimum atomic E-state index is -0.744. The maximum absolute atomic E-state index is 11.3. The molecular weight excluding hydrogens is 310 g/mol. The third-order valence-electron chi connectivity index (χ3n) is 3.78. The SMILES string of the molecule is O=C(O)C1CCCCC1c1nc2cccc(Br)c2o1. The van der Waals surface area contributed by atoms with Gasteiger partial charge in [-0.2, -0.15) is 0 Å². The van der Waals surface area contributed by atoms with Gasteiger partial charge in [0.25, 0.3) is 0 Å². The number of hydrogen-bond acceptors (Lipinski definition) is 3. The summed E-state index contributed by atoms with van der Waals surface area (Å²) in [6.45, 7) is 0. The maximum atomic E-state index is 11.3. The number of oxazole rings is 1. The van der Waals surface area contributed by atoms with Crippen LogP contribution in [0, 0.1) is 5.92 Å². The Morgan fingerprint density at radius 3 is 2.89 bits per heavy atom. The Labute approximate surface area is 118 Å². The van der Waals surface area contributed by atoms with E-state index in [9.17, 15) is 9.90 Å². The molecule has 19 heavy (non-hydrogen) atoms. The van der Waals surface area contributed by atoms with E-state index in [2.05, 4.69) is 20.9 Å². The highest BCUT2D eigenvalue weighted by molar-refractivity contribution is 9.10. The van der Waals surface area contributed by atoms with Crippen LogP contribution in [0.5, 0.6) is 0 Å². The lowest BCUT2D eigenvalue weighted by atomic mass is 9.79. The zero-order chi connectivity index (χ0) is 13.4. The van der Waals surface area contributed by atoms with Gasteiger partial charge in [0, 0.05) is 5.92 Å². The standard InChI is InChI=1S/C14H14BrNO3/c15-10-6-3-7-11-12(10)19-13(16-11)8-4-1-2-5-9(8)14(17)18/h3,6-9H,1-2,4-5H2,(H,17,18).